The lowest BCUT2D eigenvalue weighted by atomic mass is 10.2. The van der Waals surface area contributed by atoms with Crippen LogP contribution in [0.3, 0.4) is 0 Å². The van der Waals surface area contributed by atoms with Crippen LogP contribution in [-0.4, -0.2) is 21.4 Å². The van der Waals surface area contributed by atoms with Gasteiger partial charge in [0.05, 0.1) is 11.3 Å². The third-order valence-electron chi connectivity index (χ3n) is 2.69. The summed E-state index contributed by atoms with van der Waals surface area (Å²) in [7, 11) is 0. The van der Waals surface area contributed by atoms with Crippen molar-refractivity contribution in [3.05, 3.63) is 56.6 Å². The summed E-state index contributed by atoms with van der Waals surface area (Å²) in [6.45, 7) is 1.20. The van der Waals surface area contributed by atoms with E-state index < -0.39 is 0 Å². The number of aromatic nitrogens is 2. The molecule has 0 spiro atoms. The molecule has 1 aromatic carbocycles. The Morgan fingerprint density at radius 2 is 2.32 bits per heavy atom. The van der Waals surface area contributed by atoms with Gasteiger partial charge in [-0.15, -0.1) is 0 Å². The molecule has 19 heavy (non-hydrogen) atoms. The van der Waals surface area contributed by atoms with E-state index in [4.69, 9.17) is 0 Å². The van der Waals surface area contributed by atoms with Crippen molar-refractivity contribution in [2.75, 3.05) is 6.54 Å². The van der Waals surface area contributed by atoms with E-state index in [0.717, 1.165) is 18.7 Å². The normalized spacial score (nSPS) is 10.6. The minimum atomic E-state index is -0.364. The maximum absolute atomic E-state index is 10.9. The van der Waals surface area contributed by atoms with Gasteiger partial charge in [-0.25, -0.2) is 4.98 Å². The summed E-state index contributed by atoms with van der Waals surface area (Å²) in [5.41, 5.74) is 1.85. The van der Waals surface area contributed by atoms with Gasteiger partial charge in [-0.1, -0.05) is 15.9 Å². The van der Waals surface area contributed by atoms with Gasteiger partial charge in [0.1, 0.15) is 0 Å². The van der Waals surface area contributed by atoms with Crippen LogP contribution >= 0.6 is 15.9 Å². The number of H-pyrrole nitrogens is 1. The Hall–Kier alpha value is -1.73. The van der Waals surface area contributed by atoms with Crippen LogP contribution in [0.2, 0.25) is 0 Å². The third-order valence-corrected chi connectivity index (χ3v) is 3.18. The summed E-state index contributed by atoms with van der Waals surface area (Å²) in [6.07, 6.45) is 4.21. The molecule has 0 aliphatic heterocycles. The summed E-state index contributed by atoms with van der Waals surface area (Å²) >= 11 is 3.24. The molecule has 2 N–H and O–H groups in total. The molecule has 1 aromatic heterocycles. The number of hydrogen-bond acceptors (Lipinski definition) is 4. The van der Waals surface area contributed by atoms with Gasteiger partial charge in [-0.3, -0.25) is 10.1 Å². The molecule has 0 saturated heterocycles. The molecule has 2 rings (SSSR count). The average molecular weight is 325 g/mol. The van der Waals surface area contributed by atoms with Gasteiger partial charge in [0.25, 0.3) is 5.69 Å². The second-order valence-electron chi connectivity index (χ2n) is 4.03. The summed E-state index contributed by atoms with van der Waals surface area (Å²) < 4.78 is 0.709. The fourth-order valence-corrected chi connectivity index (χ4v) is 2.07. The van der Waals surface area contributed by atoms with Crippen molar-refractivity contribution in [3.63, 3.8) is 0 Å². The van der Waals surface area contributed by atoms with E-state index in [0.29, 0.717) is 16.6 Å². The topological polar surface area (TPSA) is 83.8 Å². The van der Waals surface area contributed by atoms with E-state index in [9.17, 15) is 10.1 Å². The molecule has 0 radical (unpaired) electrons. The highest BCUT2D eigenvalue weighted by molar-refractivity contribution is 9.10. The average Bonchev–Trinajstić information content (AvgIpc) is 2.89. The number of nitro groups is 1. The molecule has 6 nitrogen and oxygen atoms in total. The summed E-state index contributed by atoms with van der Waals surface area (Å²) in [5, 5.41) is 14.1. The molecule has 0 aliphatic rings. The molecular formula is C12H13BrN4O2. The minimum Gasteiger partial charge on any atom is -0.348 e. The van der Waals surface area contributed by atoms with E-state index in [2.05, 4.69) is 31.2 Å². The minimum absolute atomic E-state index is 0.128. The predicted molar refractivity (Wildman–Crippen MR) is 74.8 cm³/mol. The quantitative estimate of drug-likeness (QED) is 0.485. The van der Waals surface area contributed by atoms with Crippen LogP contribution in [0.25, 0.3) is 0 Å². The number of nitrogens with zero attached hydrogens (tertiary/aromatic N) is 2. The van der Waals surface area contributed by atoms with Crippen LogP contribution in [0, 0.1) is 10.1 Å². The Morgan fingerprint density at radius 1 is 1.47 bits per heavy atom. The van der Waals surface area contributed by atoms with Crippen LogP contribution in [0.15, 0.2) is 35.2 Å². The van der Waals surface area contributed by atoms with E-state index in [1.807, 2.05) is 0 Å². The molecule has 1 heterocycles. The standard InChI is InChI=1S/C12H13BrN4O2/c13-10-2-1-9(12(5-10)17(18)19)6-14-4-3-11-7-15-8-16-11/h1-2,5,7-8,14H,3-4,6H2,(H,15,16). The van der Waals surface area contributed by atoms with Gasteiger partial charge < -0.3 is 10.3 Å². The number of nitro benzene ring substituents is 1. The number of hydrogen-bond donors (Lipinski definition) is 2. The van der Waals surface area contributed by atoms with Crippen LogP contribution in [0.5, 0.6) is 0 Å². The molecule has 0 bridgehead atoms. The van der Waals surface area contributed by atoms with Gasteiger partial charge in [0.15, 0.2) is 0 Å². The van der Waals surface area contributed by atoms with Crippen molar-refractivity contribution in [1.82, 2.24) is 15.3 Å². The second-order valence-corrected chi connectivity index (χ2v) is 4.95. The lowest BCUT2D eigenvalue weighted by Gasteiger charge is -2.05. The molecular weight excluding hydrogens is 312 g/mol. The van der Waals surface area contributed by atoms with Crippen molar-refractivity contribution < 1.29 is 4.92 Å². The van der Waals surface area contributed by atoms with E-state index in [1.54, 1.807) is 24.7 Å². The van der Waals surface area contributed by atoms with Crippen molar-refractivity contribution >= 4 is 21.6 Å². The van der Waals surface area contributed by atoms with Gasteiger partial charge >= 0.3 is 0 Å². The Labute approximate surface area is 118 Å². The van der Waals surface area contributed by atoms with Crippen LogP contribution in [-0.2, 0) is 13.0 Å². The Bertz CT molecular complexity index is 557. The van der Waals surface area contributed by atoms with Crippen molar-refractivity contribution in [1.29, 1.82) is 0 Å². The number of halogens is 1. The highest BCUT2D eigenvalue weighted by Crippen LogP contribution is 2.23. The number of benzene rings is 1. The molecule has 0 unspecified atom stereocenters. The fourth-order valence-electron chi connectivity index (χ4n) is 1.72. The van der Waals surface area contributed by atoms with Crippen LogP contribution in [0.4, 0.5) is 5.69 Å². The molecule has 100 valence electrons. The Kier molecular flexibility index (Phi) is 4.64. The third kappa shape index (κ3) is 3.87. The van der Waals surface area contributed by atoms with Gasteiger partial charge in [0, 0.05) is 47.5 Å². The molecule has 0 atom stereocenters. The number of nitrogens with one attached hydrogen (secondary N) is 2. The van der Waals surface area contributed by atoms with Gasteiger partial charge in [-0.2, -0.15) is 0 Å². The number of rotatable bonds is 6. The van der Waals surface area contributed by atoms with E-state index >= 15 is 0 Å². The van der Waals surface area contributed by atoms with Crippen molar-refractivity contribution in [3.8, 4) is 0 Å². The zero-order valence-electron chi connectivity index (χ0n) is 10.1. The smallest absolute Gasteiger partial charge is 0.275 e. The zero-order valence-corrected chi connectivity index (χ0v) is 11.7. The monoisotopic (exact) mass is 324 g/mol. The van der Waals surface area contributed by atoms with Gasteiger partial charge in [-0.05, 0) is 12.1 Å². The highest BCUT2D eigenvalue weighted by Gasteiger charge is 2.13. The highest BCUT2D eigenvalue weighted by atomic mass is 79.9. The number of aromatic amines is 1. The first-order valence-electron chi connectivity index (χ1n) is 5.77. The SMILES string of the molecule is O=[N+]([O-])c1cc(Br)ccc1CNCCc1cnc[nH]1. The lowest BCUT2D eigenvalue weighted by molar-refractivity contribution is -0.385. The maximum Gasteiger partial charge on any atom is 0.275 e. The fraction of sp³-hybridized carbons (Fsp3) is 0.250. The predicted octanol–water partition coefficient (Wildman–Crippen LogP) is 2.41. The van der Waals surface area contributed by atoms with Crippen LogP contribution in [0.1, 0.15) is 11.3 Å². The Balaban J connectivity index is 1.90. The summed E-state index contributed by atoms with van der Waals surface area (Å²) in [5.74, 6) is 0. The maximum atomic E-state index is 10.9. The molecule has 0 aliphatic carbocycles. The molecule has 2 aromatic rings. The Morgan fingerprint density at radius 3 is 3.00 bits per heavy atom. The lowest BCUT2D eigenvalue weighted by Crippen LogP contribution is -2.17. The first-order valence-corrected chi connectivity index (χ1v) is 6.57. The zero-order chi connectivity index (χ0) is 13.7. The van der Waals surface area contributed by atoms with Gasteiger partial charge in [0.2, 0.25) is 0 Å². The van der Waals surface area contributed by atoms with E-state index in [1.165, 1.54) is 6.07 Å². The molecule has 0 fully saturated rings. The summed E-state index contributed by atoms with van der Waals surface area (Å²) in [4.78, 5) is 17.5. The van der Waals surface area contributed by atoms with E-state index in [-0.39, 0.29) is 10.6 Å². The largest absolute Gasteiger partial charge is 0.348 e. The van der Waals surface area contributed by atoms with Crippen molar-refractivity contribution in [2.45, 2.75) is 13.0 Å². The molecule has 7 heteroatoms. The van der Waals surface area contributed by atoms with Crippen molar-refractivity contribution in [2.24, 2.45) is 0 Å². The number of imidazole rings is 1. The second kappa shape index (κ2) is 6.44. The first-order chi connectivity index (χ1) is 9.16. The molecule has 0 amide bonds. The molecule has 0 saturated carbocycles. The first kappa shape index (κ1) is 13.7. The summed E-state index contributed by atoms with van der Waals surface area (Å²) in [6, 6.07) is 5.08. The van der Waals surface area contributed by atoms with Crippen LogP contribution < -0.4 is 5.32 Å².